The lowest BCUT2D eigenvalue weighted by Gasteiger charge is -2.10. The first-order valence-electron chi connectivity index (χ1n) is 8.68. The molecule has 0 bridgehead atoms. The summed E-state index contributed by atoms with van der Waals surface area (Å²) < 4.78 is 0. The molecular weight excluding hydrogens is 272 g/mol. The number of hydrogen-bond donors (Lipinski definition) is 0. The molecule has 0 aromatic heterocycles. The number of allylic oxidation sites excluding steroid dienone is 6. The molecule has 2 aliphatic carbocycles. The van der Waals surface area contributed by atoms with Crippen molar-refractivity contribution in [3.8, 4) is 0 Å². The predicted octanol–water partition coefficient (Wildman–Crippen LogP) is 5.45. The van der Waals surface area contributed by atoms with Crippen molar-refractivity contribution < 1.29 is 9.59 Å². The van der Waals surface area contributed by atoms with Gasteiger partial charge in [0.05, 0.1) is 0 Å². The molecule has 0 radical (unpaired) electrons. The summed E-state index contributed by atoms with van der Waals surface area (Å²) in [4.78, 5) is 24.1. The Kier molecular flexibility index (Phi) is 10.4. The predicted molar refractivity (Wildman–Crippen MR) is 94.8 cm³/mol. The molecule has 2 aliphatic rings. The van der Waals surface area contributed by atoms with Gasteiger partial charge in [0, 0.05) is 11.1 Å². The minimum atomic E-state index is -0.357. The zero-order chi connectivity index (χ0) is 17.1. The molecule has 0 aromatic carbocycles. The second-order valence-corrected chi connectivity index (χ2v) is 5.45. The smallest absolute Gasteiger partial charge is 0.232 e. The quantitative estimate of drug-likeness (QED) is 0.393. The van der Waals surface area contributed by atoms with E-state index in [1.54, 1.807) is 25.2 Å². The Balaban J connectivity index is 0.000000789. The third-order valence-corrected chi connectivity index (χ3v) is 3.61. The number of carbonyl (C=O) groups is 2. The Hall–Kier alpha value is -1.44. The highest BCUT2D eigenvalue weighted by Crippen LogP contribution is 2.50. The minimum absolute atomic E-state index is 0.289. The molecule has 0 saturated heterocycles. The fraction of sp³-hybridized carbons (Fsp3) is 0.600. The highest BCUT2D eigenvalue weighted by Gasteiger charge is 2.44. The number of Topliss-reactive ketones (excluding diaryl/α,β-unsaturated/α-hetero) is 2. The van der Waals surface area contributed by atoms with Gasteiger partial charge < -0.3 is 0 Å². The summed E-state index contributed by atoms with van der Waals surface area (Å²) in [5.41, 5.74) is 1.27. The number of fused-ring (bicyclic) bond motifs is 1. The summed E-state index contributed by atoms with van der Waals surface area (Å²) in [7, 11) is 0. The molecular formula is C20H32O2. The van der Waals surface area contributed by atoms with Crippen LogP contribution in [0.25, 0.3) is 0 Å². The summed E-state index contributed by atoms with van der Waals surface area (Å²) in [6, 6.07) is 0. The van der Waals surface area contributed by atoms with Gasteiger partial charge in [0.2, 0.25) is 11.6 Å². The van der Waals surface area contributed by atoms with E-state index in [9.17, 15) is 9.59 Å². The molecule has 22 heavy (non-hydrogen) atoms. The molecule has 0 spiro atoms. The van der Waals surface area contributed by atoms with Crippen LogP contribution in [0, 0.1) is 11.8 Å². The lowest BCUT2D eigenvalue weighted by Crippen LogP contribution is -2.20. The molecule has 124 valence electrons. The molecule has 2 rings (SSSR count). The monoisotopic (exact) mass is 304 g/mol. The van der Waals surface area contributed by atoms with Crippen LogP contribution in [0.5, 0.6) is 0 Å². The van der Waals surface area contributed by atoms with E-state index in [2.05, 4.69) is 13.8 Å². The number of ketones is 2. The first-order chi connectivity index (χ1) is 10.6. The van der Waals surface area contributed by atoms with E-state index >= 15 is 0 Å². The molecule has 1 saturated carbocycles. The molecule has 0 aromatic rings. The fourth-order valence-electron chi connectivity index (χ4n) is 2.56. The van der Waals surface area contributed by atoms with E-state index in [-0.39, 0.29) is 11.6 Å². The van der Waals surface area contributed by atoms with Crippen molar-refractivity contribution in [3.63, 3.8) is 0 Å². The normalized spacial score (nSPS) is 22.5. The van der Waals surface area contributed by atoms with Crippen molar-refractivity contribution in [3.05, 3.63) is 35.5 Å². The fourth-order valence-corrected chi connectivity index (χ4v) is 2.56. The lowest BCUT2D eigenvalue weighted by molar-refractivity contribution is -0.132. The standard InChI is InChI=1S/C15H18O2.C3H8.C2H6/c1-3-6-10(4-2)14(16)15(17)12-8-5-7-11-9-13(11)12;1-3-2;1-2/h3-4,6,8,11,13H,5,7,9H2,1-2H3;3H2,1-2H3;1-2H3/b6-3-,10-4+;;. The summed E-state index contributed by atoms with van der Waals surface area (Å²) >= 11 is 0. The van der Waals surface area contributed by atoms with Crippen LogP contribution in [0.2, 0.25) is 0 Å². The van der Waals surface area contributed by atoms with Gasteiger partial charge in [-0.25, -0.2) is 0 Å². The first kappa shape index (κ1) is 20.6. The number of hydrogen-bond acceptors (Lipinski definition) is 2. The van der Waals surface area contributed by atoms with Crippen LogP contribution in [0.15, 0.2) is 35.5 Å². The Morgan fingerprint density at radius 2 is 1.82 bits per heavy atom. The van der Waals surface area contributed by atoms with E-state index in [4.69, 9.17) is 0 Å². The molecule has 1 fully saturated rings. The maximum Gasteiger partial charge on any atom is 0.232 e. The van der Waals surface area contributed by atoms with E-state index < -0.39 is 0 Å². The Morgan fingerprint density at radius 3 is 2.32 bits per heavy atom. The van der Waals surface area contributed by atoms with Gasteiger partial charge in [-0.15, -0.1) is 0 Å². The minimum Gasteiger partial charge on any atom is -0.285 e. The molecule has 2 nitrogen and oxygen atoms in total. The molecule has 0 amide bonds. The van der Waals surface area contributed by atoms with Crippen molar-refractivity contribution in [2.24, 2.45) is 11.8 Å². The van der Waals surface area contributed by atoms with Crippen molar-refractivity contribution in [1.82, 2.24) is 0 Å². The van der Waals surface area contributed by atoms with E-state index in [1.807, 2.05) is 26.8 Å². The summed E-state index contributed by atoms with van der Waals surface area (Å²) in [5.74, 6) is 0.402. The average molecular weight is 304 g/mol. The van der Waals surface area contributed by atoms with Crippen molar-refractivity contribution in [1.29, 1.82) is 0 Å². The van der Waals surface area contributed by atoms with Gasteiger partial charge in [-0.05, 0) is 44.9 Å². The first-order valence-corrected chi connectivity index (χ1v) is 8.68. The molecule has 2 unspecified atom stereocenters. The Labute approximate surface area is 136 Å². The van der Waals surface area contributed by atoms with E-state index in [0.717, 1.165) is 18.4 Å². The van der Waals surface area contributed by atoms with Crippen LogP contribution >= 0.6 is 0 Å². The molecule has 2 heteroatoms. The SMILES string of the molecule is C/C=C\C(=C/C)C(=O)C(=O)C1=CCCC2CC12.CC.CCC. The van der Waals surface area contributed by atoms with Gasteiger partial charge >= 0.3 is 0 Å². The number of carbonyl (C=O) groups excluding carboxylic acids is 2. The Morgan fingerprint density at radius 1 is 1.23 bits per heavy atom. The van der Waals surface area contributed by atoms with Crippen LogP contribution < -0.4 is 0 Å². The molecule has 0 heterocycles. The van der Waals surface area contributed by atoms with Gasteiger partial charge in [-0.1, -0.05) is 58.4 Å². The highest BCUT2D eigenvalue weighted by molar-refractivity contribution is 6.49. The van der Waals surface area contributed by atoms with Crippen LogP contribution in [-0.4, -0.2) is 11.6 Å². The molecule has 2 atom stereocenters. The third-order valence-electron chi connectivity index (χ3n) is 3.61. The average Bonchev–Trinajstić information content (AvgIpc) is 3.33. The van der Waals surface area contributed by atoms with E-state index in [1.165, 1.54) is 12.8 Å². The zero-order valence-corrected chi connectivity index (χ0v) is 15.1. The van der Waals surface area contributed by atoms with Crippen molar-refractivity contribution >= 4 is 11.6 Å². The topological polar surface area (TPSA) is 34.1 Å². The van der Waals surface area contributed by atoms with Crippen molar-refractivity contribution in [2.75, 3.05) is 0 Å². The van der Waals surface area contributed by atoms with Crippen LogP contribution in [0.1, 0.15) is 67.2 Å². The second-order valence-electron chi connectivity index (χ2n) is 5.45. The maximum atomic E-state index is 12.1. The molecule has 0 N–H and O–H groups in total. The van der Waals surface area contributed by atoms with Crippen LogP contribution in [-0.2, 0) is 9.59 Å². The van der Waals surface area contributed by atoms with Gasteiger partial charge in [-0.3, -0.25) is 9.59 Å². The van der Waals surface area contributed by atoms with Gasteiger partial charge in [0.25, 0.3) is 0 Å². The Bertz CT molecular complexity index is 452. The number of rotatable bonds is 4. The molecule has 0 aliphatic heterocycles. The van der Waals surface area contributed by atoms with Crippen LogP contribution in [0.3, 0.4) is 0 Å². The summed E-state index contributed by atoms with van der Waals surface area (Å²) in [5, 5.41) is 0. The summed E-state index contributed by atoms with van der Waals surface area (Å²) in [6.07, 6.45) is 11.6. The lowest BCUT2D eigenvalue weighted by atomic mass is 9.92. The van der Waals surface area contributed by atoms with Crippen LogP contribution in [0.4, 0.5) is 0 Å². The van der Waals surface area contributed by atoms with Gasteiger partial charge in [0.1, 0.15) is 0 Å². The van der Waals surface area contributed by atoms with E-state index in [0.29, 0.717) is 17.4 Å². The highest BCUT2D eigenvalue weighted by atomic mass is 16.2. The maximum absolute atomic E-state index is 12.1. The second kappa shape index (κ2) is 11.2. The van der Waals surface area contributed by atoms with Crippen molar-refractivity contribution in [2.45, 2.75) is 67.2 Å². The zero-order valence-electron chi connectivity index (χ0n) is 15.1. The largest absolute Gasteiger partial charge is 0.285 e. The van der Waals surface area contributed by atoms with Gasteiger partial charge in [-0.2, -0.15) is 0 Å². The van der Waals surface area contributed by atoms with Gasteiger partial charge in [0.15, 0.2) is 0 Å². The summed E-state index contributed by atoms with van der Waals surface area (Å²) in [6.45, 7) is 11.9. The third kappa shape index (κ3) is 5.75.